The molecule has 0 amide bonds. The zero-order valence-corrected chi connectivity index (χ0v) is 15.8. The van der Waals surface area contributed by atoms with E-state index in [1.165, 1.54) is 32.1 Å². The molecule has 3 aromatic rings. The molecule has 0 saturated heterocycles. The van der Waals surface area contributed by atoms with E-state index < -0.39 is 0 Å². The monoisotopic (exact) mass is 363 g/mol. The highest BCUT2D eigenvalue weighted by atomic mass is 16.3. The summed E-state index contributed by atoms with van der Waals surface area (Å²) in [7, 11) is 3.97. The number of nitrogens with zero attached hydrogens (tertiary/aromatic N) is 5. The van der Waals surface area contributed by atoms with Crippen LogP contribution in [0.2, 0.25) is 0 Å². The fourth-order valence-corrected chi connectivity index (χ4v) is 3.81. The molecule has 6 heteroatoms. The van der Waals surface area contributed by atoms with Crippen LogP contribution in [-0.2, 0) is 7.05 Å². The van der Waals surface area contributed by atoms with Gasteiger partial charge in [-0.05, 0) is 42.7 Å². The van der Waals surface area contributed by atoms with Crippen LogP contribution >= 0.6 is 0 Å². The zero-order chi connectivity index (χ0) is 18.8. The molecule has 0 bridgehead atoms. The van der Waals surface area contributed by atoms with Crippen molar-refractivity contribution < 1.29 is 5.11 Å². The molecule has 1 aliphatic rings. The van der Waals surface area contributed by atoms with Gasteiger partial charge in [0.05, 0.1) is 11.9 Å². The predicted molar refractivity (Wildman–Crippen MR) is 107 cm³/mol. The highest BCUT2D eigenvalue weighted by Gasteiger charge is 2.19. The lowest BCUT2D eigenvalue weighted by Gasteiger charge is -2.31. The highest BCUT2D eigenvalue weighted by Crippen LogP contribution is 2.33. The zero-order valence-electron chi connectivity index (χ0n) is 15.8. The van der Waals surface area contributed by atoms with Crippen molar-refractivity contribution in [3.8, 4) is 28.1 Å². The average molecular weight is 363 g/mol. The molecule has 0 spiro atoms. The van der Waals surface area contributed by atoms with Gasteiger partial charge in [0.1, 0.15) is 5.75 Å². The quantitative estimate of drug-likeness (QED) is 0.758. The van der Waals surface area contributed by atoms with E-state index in [0.717, 1.165) is 16.9 Å². The molecule has 4 rings (SSSR count). The van der Waals surface area contributed by atoms with Crippen molar-refractivity contribution in [2.75, 3.05) is 11.9 Å². The third-order valence-electron chi connectivity index (χ3n) is 5.45. The Kier molecular flexibility index (Phi) is 4.79. The number of aryl methyl sites for hydroxylation is 1. The van der Waals surface area contributed by atoms with Gasteiger partial charge in [-0.2, -0.15) is 5.10 Å². The fraction of sp³-hybridized carbons (Fsp3) is 0.381. The number of benzene rings is 1. The van der Waals surface area contributed by atoms with Crippen LogP contribution in [0.1, 0.15) is 32.1 Å². The van der Waals surface area contributed by atoms with E-state index in [1.807, 2.05) is 37.5 Å². The van der Waals surface area contributed by atoms with Crippen LogP contribution in [-0.4, -0.2) is 38.2 Å². The van der Waals surface area contributed by atoms with Gasteiger partial charge in [-0.3, -0.25) is 4.68 Å². The molecule has 2 aromatic heterocycles. The summed E-state index contributed by atoms with van der Waals surface area (Å²) in [6.45, 7) is 0. The van der Waals surface area contributed by atoms with Crippen LogP contribution in [0.3, 0.4) is 0 Å². The lowest BCUT2D eigenvalue weighted by atomic mass is 9.94. The average Bonchev–Trinajstić information content (AvgIpc) is 3.14. The van der Waals surface area contributed by atoms with E-state index in [9.17, 15) is 5.11 Å². The summed E-state index contributed by atoms with van der Waals surface area (Å²) in [5.74, 6) is 1.08. The number of aromatic nitrogens is 4. The van der Waals surface area contributed by atoms with Crippen molar-refractivity contribution >= 4 is 5.82 Å². The standard InChI is InChI=1S/C21H25N5O/c1-25-14-16(13-22-25)15-8-9-18(20(27)12-15)19-10-11-21(24-23-19)26(2)17-6-4-3-5-7-17/h8-14,17,27H,3-7H2,1-2H3. The lowest BCUT2D eigenvalue weighted by Crippen LogP contribution is -2.34. The van der Waals surface area contributed by atoms with Crippen LogP contribution in [0.25, 0.3) is 22.4 Å². The Labute approximate surface area is 159 Å². The summed E-state index contributed by atoms with van der Waals surface area (Å²) in [5.41, 5.74) is 3.24. The Hall–Kier alpha value is -2.89. The second kappa shape index (κ2) is 7.39. The minimum Gasteiger partial charge on any atom is -0.507 e. The molecule has 1 saturated carbocycles. The second-order valence-corrected chi connectivity index (χ2v) is 7.31. The molecular weight excluding hydrogens is 338 g/mol. The van der Waals surface area contributed by atoms with Gasteiger partial charge in [0.2, 0.25) is 0 Å². The molecular formula is C21H25N5O. The number of aromatic hydroxyl groups is 1. The SMILES string of the molecule is CN(c1ccc(-c2ccc(-c3cnn(C)c3)cc2O)nn1)C1CCCCC1. The molecule has 1 fully saturated rings. The van der Waals surface area contributed by atoms with Crippen molar-refractivity contribution in [2.45, 2.75) is 38.1 Å². The van der Waals surface area contributed by atoms with E-state index in [0.29, 0.717) is 17.3 Å². The van der Waals surface area contributed by atoms with E-state index in [4.69, 9.17) is 0 Å². The number of hydrogen-bond donors (Lipinski definition) is 1. The molecule has 1 aromatic carbocycles. The minimum absolute atomic E-state index is 0.194. The highest BCUT2D eigenvalue weighted by molar-refractivity contribution is 5.73. The number of anilines is 1. The lowest BCUT2D eigenvalue weighted by molar-refractivity contribution is 0.425. The first-order valence-electron chi connectivity index (χ1n) is 9.51. The summed E-state index contributed by atoms with van der Waals surface area (Å²) in [6, 6.07) is 10.1. The Balaban J connectivity index is 1.55. The maximum absolute atomic E-state index is 10.5. The van der Waals surface area contributed by atoms with E-state index in [2.05, 4.69) is 27.2 Å². The van der Waals surface area contributed by atoms with Crippen LogP contribution in [0.4, 0.5) is 5.82 Å². The van der Waals surface area contributed by atoms with E-state index in [1.54, 1.807) is 16.9 Å². The van der Waals surface area contributed by atoms with E-state index in [-0.39, 0.29) is 5.75 Å². The van der Waals surface area contributed by atoms with Crippen molar-refractivity contribution in [3.05, 3.63) is 42.7 Å². The molecule has 0 unspecified atom stereocenters. The second-order valence-electron chi connectivity index (χ2n) is 7.31. The van der Waals surface area contributed by atoms with Gasteiger partial charge in [-0.1, -0.05) is 25.3 Å². The third kappa shape index (κ3) is 3.65. The summed E-state index contributed by atoms with van der Waals surface area (Å²) in [4.78, 5) is 2.24. The van der Waals surface area contributed by atoms with Gasteiger partial charge < -0.3 is 10.0 Å². The molecule has 0 radical (unpaired) electrons. The molecule has 0 aliphatic heterocycles. The Morgan fingerprint density at radius 1 is 1.04 bits per heavy atom. The van der Waals surface area contributed by atoms with Gasteiger partial charge in [-0.25, -0.2) is 0 Å². The Bertz CT molecular complexity index is 913. The molecule has 6 nitrogen and oxygen atoms in total. The van der Waals surface area contributed by atoms with Gasteiger partial charge in [0.15, 0.2) is 5.82 Å². The molecule has 2 heterocycles. The van der Waals surface area contributed by atoms with Crippen molar-refractivity contribution in [3.63, 3.8) is 0 Å². The van der Waals surface area contributed by atoms with Gasteiger partial charge in [0, 0.05) is 37.5 Å². The van der Waals surface area contributed by atoms with E-state index >= 15 is 0 Å². The molecule has 1 N–H and O–H groups in total. The first-order valence-corrected chi connectivity index (χ1v) is 9.51. The Morgan fingerprint density at radius 3 is 2.48 bits per heavy atom. The molecule has 140 valence electrons. The van der Waals surface area contributed by atoms with Gasteiger partial charge >= 0.3 is 0 Å². The number of phenolic OH excluding ortho intramolecular Hbond substituents is 1. The van der Waals surface area contributed by atoms with Gasteiger partial charge in [0.25, 0.3) is 0 Å². The smallest absolute Gasteiger partial charge is 0.151 e. The summed E-state index contributed by atoms with van der Waals surface area (Å²) < 4.78 is 1.74. The maximum atomic E-state index is 10.5. The van der Waals surface area contributed by atoms with Crippen molar-refractivity contribution in [2.24, 2.45) is 7.05 Å². The number of hydrogen-bond acceptors (Lipinski definition) is 5. The third-order valence-corrected chi connectivity index (χ3v) is 5.45. The largest absolute Gasteiger partial charge is 0.507 e. The van der Waals surface area contributed by atoms with Crippen LogP contribution in [0, 0.1) is 0 Å². The maximum Gasteiger partial charge on any atom is 0.151 e. The van der Waals surface area contributed by atoms with Crippen molar-refractivity contribution in [1.29, 1.82) is 0 Å². The van der Waals surface area contributed by atoms with Crippen molar-refractivity contribution in [1.82, 2.24) is 20.0 Å². The number of rotatable bonds is 4. The normalized spacial score (nSPS) is 15.0. The Morgan fingerprint density at radius 2 is 1.85 bits per heavy atom. The minimum atomic E-state index is 0.194. The summed E-state index contributed by atoms with van der Waals surface area (Å²) in [6.07, 6.45) is 10.1. The molecule has 1 aliphatic carbocycles. The summed E-state index contributed by atoms with van der Waals surface area (Å²) in [5, 5.41) is 23.4. The van der Waals surface area contributed by atoms with Crippen LogP contribution in [0.5, 0.6) is 5.75 Å². The molecule has 27 heavy (non-hydrogen) atoms. The van der Waals surface area contributed by atoms with Crippen LogP contribution < -0.4 is 4.90 Å². The number of phenols is 1. The summed E-state index contributed by atoms with van der Waals surface area (Å²) >= 11 is 0. The molecule has 0 atom stereocenters. The van der Waals surface area contributed by atoms with Crippen LogP contribution in [0.15, 0.2) is 42.7 Å². The topological polar surface area (TPSA) is 67.1 Å². The fourth-order valence-electron chi connectivity index (χ4n) is 3.81. The first-order chi connectivity index (χ1) is 13.1. The predicted octanol–water partition coefficient (Wildman–Crippen LogP) is 4.02. The first kappa shape index (κ1) is 17.5. The van der Waals surface area contributed by atoms with Gasteiger partial charge in [-0.15, -0.1) is 10.2 Å².